The molecular weight excluding hydrogens is 328 g/mol. The summed E-state index contributed by atoms with van der Waals surface area (Å²) in [5.41, 5.74) is 0.960. The van der Waals surface area contributed by atoms with E-state index in [0.29, 0.717) is 18.1 Å². The number of nitrogens with zero attached hydrogens (tertiary/aromatic N) is 2. The molecule has 1 aliphatic rings. The third-order valence-electron chi connectivity index (χ3n) is 5.03. The van der Waals surface area contributed by atoms with Crippen molar-refractivity contribution in [3.63, 3.8) is 0 Å². The first-order chi connectivity index (χ1) is 12.6. The van der Waals surface area contributed by atoms with Crippen molar-refractivity contribution in [2.45, 2.75) is 59.0 Å². The molecule has 2 rings (SSSR count). The van der Waals surface area contributed by atoms with E-state index in [0.717, 1.165) is 25.7 Å². The molecule has 0 amide bonds. The van der Waals surface area contributed by atoms with Gasteiger partial charge in [-0.2, -0.15) is 10.5 Å². The zero-order chi connectivity index (χ0) is 18.9. The number of carbonyl (C=O) groups is 1. The molecule has 0 spiro atoms. The maximum Gasteiger partial charge on any atom is 0.314 e. The molecule has 0 radical (unpaired) electrons. The summed E-state index contributed by atoms with van der Waals surface area (Å²) in [7, 11) is 0. The molecule has 0 aliphatic heterocycles. The standard InChI is InChI=1S/C21H26N2O3/c1-3-5-15-6-8-16(9-7-15)21(24)26-20-11-10-17(14-25-4-2)18(12-22)19(20)13-23/h10-11,15-16H,3-9,14H2,1-2H3. The molecule has 0 N–H and O–H groups in total. The highest BCUT2D eigenvalue weighted by atomic mass is 16.5. The molecule has 1 saturated carbocycles. The third-order valence-corrected chi connectivity index (χ3v) is 5.03. The van der Waals surface area contributed by atoms with E-state index in [-0.39, 0.29) is 35.4 Å². The first kappa shape index (κ1) is 19.9. The van der Waals surface area contributed by atoms with Gasteiger partial charge in [-0.1, -0.05) is 25.8 Å². The molecule has 5 nitrogen and oxygen atoms in total. The Kier molecular flexibility index (Phi) is 7.63. The van der Waals surface area contributed by atoms with E-state index in [9.17, 15) is 15.3 Å². The normalized spacial score (nSPS) is 19.4. The topological polar surface area (TPSA) is 83.1 Å². The summed E-state index contributed by atoms with van der Waals surface area (Å²) < 4.78 is 10.9. The van der Waals surface area contributed by atoms with Crippen LogP contribution in [0.5, 0.6) is 5.75 Å². The van der Waals surface area contributed by atoms with Crippen LogP contribution in [-0.4, -0.2) is 12.6 Å². The van der Waals surface area contributed by atoms with Crippen molar-refractivity contribution in [1.82, 2.24) is 0 Å². The van der Waals surface area contributed by atoms with Crippen LogP contribution in [0.25, 0.3) is 0 Å². The maximum absolute atomic E-state index is 12.5. The maximum atomic E-state index is 12.5. The molecule has 1 aromatic carbocycles. The molecule has 1 aliphatic carbocycles. The minimum atomic E-state index is -0.294. The fraction of sp³-hybridized carbons (Fsp3) is 0.571. The van der Waals surface area contributed by atoms with Crippen LogP contribution in [-0.2, 0) is 16.1 Å². The molecule has 5 heteroatoms. The molecule has 1 fully saturated rings. The second kappa shape index (κ2) is 9.94. The molecule has 0 heterocycles. The van der Waals surface area contributed by atoms with Gasteiger partial charge in [0, 0.05) is 6.61 Å². The lowest BCUT2D eigenvalue weighted by atomic mass is 9.80. The van der Waals surface area contributed by atoms with Gasteiger partial charge in [0.05, 0.1) is 18.1 Å². The van der Waals surface area contributed by atoms with Gasteiger partial charge in [-0.05, 0) is 50.2 Å². The summed E-state index contributed by atoms with van der Waals surface area (Å²) in [6.45, 7) is 4.82. The van der Waals surface area contributed by atoms with Gasteiger partial charge in [0.2, 0.25) is 0 Å². The van der Waals surface area contributed by atoms with Crippen molar-refractivity contribution >= 4 is 5.97 Å². The molecular formula is C21H26N2O3. The first-order valence-electron chi connectivity index (χ1n) is 9.40. The highest BCUT2D eigenvalue weighted by Crippen LogP contribution is 2.33. The van der Waals surface area contributed by atoms with Crippen LogP contribution in [0.15, 0.2) is 12.1 Å². The molecule has 0 unspecified atom stereocenters. The number of carbonyl (C=O) groups excluding carboxylic acids is 1. The van der Waals surface area contributed by atoms with Crippen molar-refractivity contribution in [2.75, 3.05) is 6.61 Å². The summed E-state index contributed by atoms with van der Waals surface area (Å²) in [6.07, 6.45) is 6.16. The average Bonchev–Trinajstić information content (AvgIpc) is 2.67. The van der Waals surface area contributed by atoms with Crippen LogP contribution in [0, 0.1) is 34.5 Å². The van der Waals surface area contributed by atoms with Gasteiger partial charge in [0.1, 0.15) is 23.5 Å². The Hall–Kier alpha value is -2.37. The Balaban J connectivity index is 2.11. The predicted molar refractivity (Wildman–Crippen MR) is 97.2 cm³/mol. The van der Waals surface area contributed by atoms with Gasteiger partial charge >= 0.3 is 5.97 Å². The van der Waals surface area contributed by atoms with Crippen molar-refractivity contribution in [3.8, 4) is 17.9 Å². The van der Waals surface area contributed by atoms with E-state index in [2.05, 4.69) is 6.92 Å². The first-order valence-corrected chi connectivity index (χ1v) is 9.40. The van der Waals surface area contributed by atoms with Crippen LogP contribution >= 0.6 is 0 Å². The fourth-order valence-electron chi connectivity index (χ4n) is 3.57. The van der Waals surface area contributed by atoms with Crippen molar-refractivity contribution in [3.05, 3.63) is 28.8 Å². The van der Waals surface area contributed by atoms with Crippen LogP contribution in [0.3, 0.4) is 0 Å². The van der Waals surface area contributed by atoms with Gasteiger partial charge in [0.25, 0.3) is 0 Å². The van der Waals surface area contributed by atoms with E-state index >= 15 is 0 Å². The Morgan fingerprint density at radius 1 is 1.12 bits per heavy atom. The third kappa shape index (κ3) is 4.84. The van der Waals surface area contributed by atoms with Crippen LogP contribution in [0.1, 0.15) is 69.1 Å². The van der Waals surface area contributed by atoms with Gasteiger partial charge in [-0.3, -0.25) is 4.79 Å². The number of esters is 1. The van der Waals surface area contributed by atoms with E-state index < -0.39 is 0 Å². The SMILES string of the molecule is CCCC1CCC(C(=O)Oc2ccc(COCC)c(C#N)c2C#N)CC1. The summed E-state index contributed by atoms with van der Waals surface area (Å²) >= 11 is 0. The van der Waals surface area contributed by atoms with Crippen molar-refractivity contribution in [1.29, 1.82) is 10.5 Å². The lowest BCUT2D eigenvalue weighted by molar-refractivity contribution is -0.140. The minimum Gasteiger partial charge on any atom is -0.425 e. The summed E-state index contributed by atoms with van der Waals surface area (Å²) in [5.74, 6) is 0.466. The van der Waals surface area contributed by atoms with E-state index in [1.54, 1.807) is 12.1 Å². The Labute approximate surface area is 155 Å². The van der Waals surface area contributed by atoms with Gasteiger partial charge < -0.3 is 9.47 Å². The summed E-state index contributed by atoms with van der Waals surface area (Å²) in [4.78, 5) is 12.5. The summed E-state index contributed by atoms with van der Waals surface area (Å²) in [5, 5.41) is 18.9. The molecule has 1 aromatic rings. The second-order valence-corrected chi connectivity index (χ2v) is 6.76. The number of hydrogen-bond donors (Lipinski definition) is 0. The van der Waals surface area contributed by atoms with Crippen molar-refractivity contribution < 1.29 is 14.3 Å². The number of rotatable bonds is 7. The Bertz CT molecular complexity index is 707. The Morgan fingerprint density at radius 2 is 1.81 bits per heavy atom. The molecule has 0 saturated heterocycles. The number of hydrogen-bond acceptors (Lipinski definition) is 5. The monoisotopic (exact) mass is 354 g/mol. The minimum absolute atomic E-state index is 0.109. The van der Waals surface area contributed by atoms with E-state index in [4.69, 9.17) is 9.47 Å². The largest absolute Gasteiger partial charge is 0.425 e. The quantitative estimate of drug-likeness (QED) is 0.532. The van der Waals surface area contributed by atoms with Crippen LogP contribution in [0.2, 0.25) is 0 Å². The fourth-order valence-corrected chi connectivity index (χ4v) is 3.57. The highest BCUT2D eigenvalue weighted by molar-refractivity contribution is 5.76. The summed E-state index contributed by atoms with van der Waals surface area (Å²) in [6, 6.07) is 7.33. The highest BCUT2D eigenvalue weighted by Gasteiger charge is 2.28. The second-order valence-electron chi connectivity index (χ2n) is 6.76. The molecule has 0 aromatic heterocycles. The predicted octanol–water partition coefficient (Wildman–Crippen LogP) is 4.48. The zero-order valence-electron chi connectivity index (χ0n) is 15.6. The lowest BCUT2D eigenvalue weighted by Crippen LogP contribution is -2.26. The molecule has 0 atom stereocenters. The van der Waals surface area contributed by atoms with Crippen LogP contribution in [0.4, 0.5) is 0 Å². The molecule has 138 valence electrons. The van der Waals surface area contributed by atoms with E-state index in [1.807, 2.05) is 19.1 Å². The lowest BCUT2D eigenvalue weighted by Gasteiger charge is -2.27. The average molecular weight is 354 g/mol. The number of ether oxygens (including phenoxy) is 2. The molecule has 0 bridgehead atoms. The number of nitriles is 2. The van der Waals surface area contributed by atoms with Gasteiger partial charge in [0.15, 0.2) is 0 Å². The van der Waals surface area contributed by atoms with Gasteiger partial charge in [-0.15, -0.1) is 0 Å². The van der Waals surface area contributed by atoms with Crippen molar-refractivity contribution in [2.24, 2.45) is 11.8 Å². The van der Waals surface area contributed by atoms with E-state index in [1.165, 1.54) is 12.8 Å². The molecule has 26 heavy (non-hydrogen) atoms. The smallest absolute Gasteiger partial charge is 0.314 e. The van der Waals surface area contributed by atoms with Crippen LogP contribution < -0.4 is 4.74 Å². The van der Waals surface area contributed by atoms with Gasteiger partial charge in [-0.25, -0.2) is 0 Å². The zero-order valence-corrected chi connectivity index (χ0v) is 15.6. The Morgan fingerprint density at radius 3 is 2.38 bits per heavy atom. The number of benzene rings is 1.